The van der Waals surface area contributed by atoms with Crippen LogP contribution in [0.4, 0.5) is 17.6 Å². The van der Waals surface area contributed by atoms with Crippen molar-refractivity contribution in [3.8, 4) is 5.75 Å². The normalized spacial score (nSPS) is 13.2. The second-order valence-electron chi connectivity index (χ2n) is 4.91. The van der Waals surface area contributed by atoms with Crippen LogP contribution in [0.3, 0.4) is 0 Å². The number of alkyl halides is 3. The lowest BCUT2D eigenvalue weighted by molar-refractivity contribution is -0.135. The molecule has 1 aromatic carbocycles. The van der Waals surface area contributed by atoms with Crippen molar-refractivity contribution >= 4 is 0 Å². The van der Waals surface area contributed by atoms with Crippen molar-refractivity contribution in [3.63, 3.8) is 0 Å². The molecule has 1 unspecified atom stereocenters. The third-order valence-electron chi connectivity index (χ3n) is 3.17. The lowest BCUT2D eigenvalue weighted by atomic mass is 10.00. The Labute approximate surface area is 122 Å². The number of hydrogen-bond acceptors (Lipinski definition) is 2. The first-order valence-corrected chi connectivity index (χ1v) is 7.01. The molecule has 0 radical (unpaired) electrons. The van der Waals surface area contributed by atoms with Crippen LogP contribution >= 0.6 is 0 Å². The van der Waals surface area contributed by atoms with E-state index in [-0.39, 0.29) is 18.2 Å². The maximum Gasteiger partial charge on any atom is 0.389 e. The van der Waals surface area contributed by atoms with Crippen LogP contribution in [0.25, 0.3) is 0 Å². The fourth-order valence-electron chi connectivity index (χ4n) is 2.11. The summed E-state index contributed by atoms with van der Waals surface area (Å²) in [4.78, 5) is 0. The lowest BCUT2D eigenvalue weighted by Crippen LogP contribution is -2.23. The summed E-state index contributed by atoms with van der Waals surface area (Å²) in [5.41, 5.74) is 0.643. The third kappa shape index (κ3) is 6.33. The Hall–Kier alpha value is -1.30. The highest BCUT2D eigenvalue weighted by Gasteiger charge is 2.27. The van der Waals surface area contributed by atoms with Gasteiger partial charge in [-0.2, -0.15) is 13.2 Å². The number of hydrogen-bond donors (Lipinski definition) is 1. The predicted molar refractivity (Wildman–Crippen MR) is 73.9 cm³/mol. The summed E-state index contributed by atoms with van der Waals surface area (Å²) in [5, 5.41) is 3.16. The van der Waals surface area contributed by atoms with Gasteiger partial charge in [0.15, 0.2) is 11.6 Å². The van der Waals surface area contributed by atoms with Gasteiger partial charge in [-0.05, 0) is 43.5 Å². The van der Waals surface area contributed by atoms with Gasteiger partial charge < -0.3 is 10.1 Å². The maximum atomic E-state index is 13.7. The van der Waals surface area contributed by atoms with Gasteiger partial charge in [-0.25, -0.2) is 4.39 Å². The molecule has 1 aromatic rings. The number of methoxy groups -OCH3 is 1. The summed E-state index contributed by atoms with van der Waals surface area (Å²) in [6.07, 6.45) is -3.80. The van der Waals surface area contributed by atoms with Gasteiger partial charge >= 0.3 is 6.18 Å². The van der Waals surface area contributed by atoms with Crippen LogP contribution in [0.2, 0.25) is 0 Å². The van der Waals surface area contributed by atoms with Crippen molar-refractivity contribution in [2.45, 2.75) is 44.8 Å². The number of halogens is 4. The second-order valence-corrected chi connectivity index (χ2v) is 4.91. The van der Waals surface area contributed by atoms with Crippen LogP contribution < -0.4 is 10.1 Å². The van der Waals surface area contributed by atoms with Crippen molar-refractivity contribution in [3.05, 3.63) is 29.6 Å². The Bertz CT molecular complexity index is 434. The van der Waals surface area contributed by atoms with E-state index in [0.717, 1.165) is 6.42 Å². The van der Waals surface area contributed by atoms with E-state index < -0.39 is 18.4 Å². The molecule has 0 aliphatic carbocycles. The first-order chi connectivity index (χ1) is 9.87. The average Bonchev–Trinajstić information content (AvgIpc) is 2.41. The Balaban J connectivity index is 2.74. The number of rotatable bonds is 8. The highest BCUT2D eigenvalue weighted by molar-refractivity contribution is 5.31. The maximum absolute atomic E-state index is 13.7. The monoisotopic (exact) mass is 307 g/mol. The van der Waals surface area contributed by atoms with Gasteiger partial charge in [0, 0.05) is 12.5 Å². The van der Waals surface area contributed by atoms with E-state index in [1.807, 2.05) is 6.92 Å². The van der Waals surface area contributed by atoms with Gasteiger partial charge in [-0.1, -0.05) is 13.0 Å². The van der Waals surface area contributed by atoms with Crippen molar-refractivity contribution in [2.24, 2.45) is 0 Å². The zero-order chi connectivity index (χ0) is 15.9. The summed E-state index contributed by atoms with van der Waals surface area (Å²) in [5.74, 6) is -0.377. The van der Waals surface area contributed by atoms with Gasteiger partial charge in [0.1, 0.15) is 0 Å². The zero-order valence-corrected chi connectivity index (χ0v) is 12.3. The Morgan fingerprint density at radius 3 is 2.52 bits per heavy atom. The number of nitrogens with one attached hydrogen (secondary N) is 1. The molecular weight excluding hydrogens is 286 g/mol. The second kappa shape index (κ2) is 8.22. The molecule has 1 rings (SSSR count). The lowest BCUT2D eigenvalue weighted by Gasteiger charge is -2.20. The summed E-state index contributed by atoms with van der Waals surface area (Å²) in [6.45, 7) is 2.64. The molecule has 0 fully saturated rings. The molecular formula is C15H21F4NO. The summed E-state index contributed by atoms with van der Waals surface area (Å²) in [7, 11) is 1.37. The van der Waals surface area contributed by atoms with Gasteiger partial charge in [-0.3, -0.25) is 0 Å². The molecule has 120 valence electrons. The Morgan fingerprint density at radius 2 is 2.00 bits per heavy atom. The number of benzene rings is 1. The van der Waals surface area contributed by atoms with Crippen molar-refractivity contribution < 1.29 is 22.3 Å². The van der Waals surface area contributed by atoms with E-state index in [1.54, 1.807) is 6.07 Å². The van der Waals surface area contributed by atoms with Crippen LogP contribution in [-0.2, 0) is 0 Å². The Morgan fingerprint density at radius 1 is 1.29 bits per heavy atom. The number of ether oxygens (including phenoxy) is 1. The van der Waals surface area contributed by atoms with Crippen molar-refractivity contribution in [1.82, 2.24) is 5.32 Å². The van der Waals surface area contributed by atoms with Crippen LogP contribution in [-0.4, -0.2) is 19.8 Å². The molecule has 2 nitrogen and oxygen atoms in total. The summed E-state index contributed by atoms with van der Waals surface area (Å²) < 4.78 is 55.2. The van der Waals surface area contributed by atoms with E-state index in [2.05, 4.69) is 5.32 Å². The van der Waals surface area contributed by atoms with E-state index in [4.69, 9.17) is 4.74 Å². The van der Waals surface area contributed by atoms with Crippen LogP contribution in [0, 0.1) is 5.82 Å². The molecule has 0 aliphatic rings. The molecule has 0 spiro atoms. The highest BCUT2D eigenvalue weighted by Crippen LogP contribution is 2.28. The van der Waals surface area contributed by atoms with Gasteiger partial charge in [0.05, 0.1) is 7.11 Å². The standard InChI is InChI=1S/C15H21F4NO/c1-3-9-20-13(5-4-8-15(17,18)19)11-6-7-14(21-2)12(16)10-11/h6-7,10,13,20H,3-5,8-9H2,1-2H3. The van der Waals surface area contributed by atoms with Crippen LogP contribution in [0.5, 0.6) is 5.75 Å². The highest BCUT2D eigenvalue weighted by atomic mass is 19.4. The van der Waals surface area contributed by atoms with E-state index in [1.165, 1.54) is 19.2 Å². The molecule has 0 bridgehead atoms. The Kier molecular flexibility index (Phi) is 6.95. The fourth-order valence-corrected chi connectivity index (χ4v) is 2.11. The molecule has 0 saturated carbocycles. The summed E-state index contributed by atoms with van der Waals surface area (Å²) >= 11 is 0. The zero-order valence-electron chi connectivity index (χ0n) is 12.3. The van der Waals surface area contributed by atoms with Crippen LogP contribution in [0.15, 0.2) is 18.2 Å². The van der Waals surface area contributed by atoms with Gasteiger partial charge in [0.2, 0.25) is 0 Å². The van der Waals surface area contributed by atoms with Crippen molar-refractivity contribution in [1.29, 1.82) is 0 Å². The predicted octanol–water partition coefficient (Wildman–Crippen LogP) is 4.61. The first-order valence-electron chi connectivity index (χ1n) is 7.01. The molecule has 1 atom stereocenters. The van der Waals surface area contributed by atoms with E-state index >= 15 is 0 Å². The quantitative estimate of drug-likeness (QED) is 0.708. The van der Waals surface area contributed by atoms with E-state index in [0.29, 0.717) is 18.5 Å². The van der Waals surface area contributed by atoms with Crippen LogP contribution in [0.1, 0.15) is 44.2 Å². The van der Waals surface area contributed by atoms with E-state index in [9.17, 15) is 17.6 Å². The molecule has 6 heteroatoms. The minimum absolute atomic E-state index is 0.0124. The SMILES string of the molecule is CCCNC(CCCC(F)(F)F)c1ccc(OC)c(F)c1. The third-order valence-corrected chi connectivity index (χ3v) is 3.17. The summed E-state index contributed by atoms with van der Waals surface area (Å²) in [6, 6.07) is 4.21. The minimum atomic E-state index is -4.15. The average molecular weight is 307 g/mol. The molecule has 0 aliphatic heterocycles. The van der Waals surface area contributed by atoms with Gasteiger partial charge in [-0.15, -0.1) is 0 Å². The smallest absolute Gasteiger partial charge is 0.389 e. The molecule has 0 heterocycles. The van der Waals surface area contributed by atoms with Gasteiger partial charge in [0.25, 0.3) is 0 Å². The topological polar surface area (TPSA) is 21.3 Å². The molecule has 0 aromatic heterocycles. The largest absolute Gasteiger partial charge is 0.494 e. The van der Waals surface area contributed by atoms with Crippen molar-refractivity contribution in [2.75, 3.05) is 13.7 Å². The first kappa shape index (κ1) is 17.8. The molecule has 21 heavy (non-hydrogen) atoms. The molecule has 0 amide bonds. The fraction of sp³-hybridized carbons (Fsp3) is 0.600. The molecule has 1 N–H and O–H groups in total. The minimum Gasteiger partial charge on any atom is -0.494 e. The molecule has 0 saturated heterocycles.